The van der Waals surface area contributed by atoms with E-state index in [2.05, 4.69) is 4.98 Å². The maximum absolute atomic E-state index is 12.3. The number of hydrogen-bond acceptors (Lipinski definition) is 2. The van der Waals surface area contributed by atoms with Crippen LogP contribution in [0.4, 0.5) is 5.69 Å². The predicted octanol–water partition coefficient (Wildman–Crippen LogP) is 2.28. The summed E-state index contributed by atoms with van der Waals surface area (Å²) in [6, 6.07) is 11.6. The lowest BCUT2D eigenvalue weighted by molar-refractivity contribution is 0.0980. The minimum Gasteiger partial charge on any atom is -0.308 e. The van der Waals surface area contributed by atoms with Gasteiger partial charge in [0, 0.05) is 30.2 Å². The standard InChI is InChI=1S/C14H12N2O/c17-14-13-6-8-15-10-11(13)7-9-16(14)12-4-2-1-3-5-12/h1-6,8,10H,7,9H2. The predicted molar refractivity (Wildman–Crippen MR) is 66.1 cm³/mol. The fraction of sp³-hybridized carbons (Fsp3) is 0.143. The van der Waals surface area contributed by atoms with Crippen molar-refractivity contribution in [2.75, 3.05) is 11.4 Å². The quantitative estimate of drug-likeness (QED) is 0.744. The molecule has 1 aliphatic heterocycles. The van der Waals surface area contributed by atoms with Crippen LogP contribution in [-0.4, -0.2) is 17.4 Å². The van der Waals surface area contributed by atoms with Crippen molar-refractivity contribution < 1.29 is 4.79 Å². The van der Waals surface area contributed by atoms with E-state index in [0.717, 1.165) is 29.8 Å². The van der Waals surface area contributed by atoms with Crippen molar-refractivity contribution in [3.05, 3.63) is 59.9 Å². The molecule has 17 heavy (non-hydrogen) atoms. The number of para-hydroxylation sites is 1. The first kappa shape index (κ1) is 10.0. The summed E-state index contributed by atoms with van der Waals surface area (Å²) in [5.41, 5.74) is 2.78. The number of aromatic nitrogens is 1. The van der Waals surface area contributed by atoms with Crippen molar-refractivity contribution in [2.24, 2.45) is 0 Å². The Labute approximate surface area is 99.7 Å². The van der Waals surface area contributed by atoms with E-state index in [1.807, 2.05) is 35.2 Å². The molecule has 0 unspecified atom stereocenters. The van der Waals surface area contributed by atoms with Crippen LogP contribution in [0.15, 0.2) is 48.8 Å². The van der Waals surface area contributed by atoms with E-state index in [1.165, 1.54) is 0 Å². The van der Waals surface area contributed by atoms with Crippen LogP contribution in [0.3, 0.4) is 0 Å². The first-order chi connectivity index (χ1) is 8.36. The van der Waals surface area contributed by atoms with Crippen LogP contribution in [0.2, 0.25) is 0 Å². The third-order valence-corrected chi connectivity index (χ3v) is 3.05. The molecule has 3 rings (SSSR count). The van der Waals surface area contributed by atoms with Gasteiger partial charge in [0.05, 0.1) is 0 Å². The lowest BCUT2D eigenvalue weighted by atomic mass is 10.0. The van der Waals surface area contributed by atoms with Crippen LogP contribution in [0, 0.1) is 0 Å². The Morgan fingerprint density at radius 3 is 2.76 bits per heavy atom. The zero-order chi connectivity index (χ0) is 11.7. The van der Waals surface area contributed by atoms with Crippen molar-refractivity contribution in [1.29, 1.82) is 0 Å². The molecule has 0 N–H and O–H groups in total. The molecule has 0 saturated heterocycles. The van der Waals surface area contributed by atoms with Crippen LogP contribution in [0.5, 0.6) is 0 Å². The van der Waals surface area contributed by atoms with Crippen LogP contribution < -0.4 is 4.90 Å². The number of amides is 1. The van der Waals surface area contributed by atoms with Crippen LogP contribution >= 0.6 is 0 Å². The number of fused-ring (bicyclic) bond motifs is 1. The molecule has 2 heterocycles. The minimum absolute atomic E-state index is 0.0693. The maximum Gasteiger partial charge on any atom is 0.258 e. The zero-order valence-corrected chi connectivity index (χ0v) is 9.34. The van der Waals surface area contributed by atoms with Gasteiger partial charge in [0.15, 0.2) is 0 Å². The molecule has 0 saturated carbocycles. The Balaban J connectivity index is 2.00. The average Bonchev–Trinajstić information content (AvgIpc) is 2.40. The molecular formula is C14H12N2O. The second-order valence-electron chi connectivity index (χ2n) is 4.08. The third kappa shape index (κ3) is 1.69. The number of pyridine rings is 1. The van der Waals surface area contributed by atoms with E-state index in [0.29, 0.717) is 0 Å². The number of carbonyl (C=O) groups is 1. The van der Waals surface area contributed by atoms with E-state index < -0.39 is 0 Å². The van der Waals surface area contributed by atoms with Crippen LogP contribution in [0.1, 0.15) is 15.9 Å². The number of benzene rings is 1. The maximum atomic E-state index is 12.3. The number of carbonyl (C=O) groups excluding carboxylic acids is 1. The highest BCUT2D eigenvalue weighted by molar-refractivity contribution is 6.08. The summed E-state index contributed by atoms with van der Waals surface area (Å²) in [5, 5.41) is 0. The van der Waals surface area contributed by atoms with Gasteiger partial charge in [0.1, 0.15) is 0 Å². The monoisotopic (exact) mass is 224 g/mol. The molecule has 1 aromatic carbocycles. The second kappa shape index (κ2) is 4.01. The SMILES string of the molecule is O=C1c2ccncc2CCN1c1ccccc1. The van der Waals surface area contributed by atoms with Crippen molar-refractivity contribution >= 4 is 11.6 Å². The van der Waals surface area contributed by atoms with Gasteiger partial charge >= 0.3 is 0 Å². The molecule has 3 nitrogen and oxygen atoms in total. The van der Waals surface area contributed by atoms with Crippen molar-refractivity contribution in [3.8, 4) is 0 Å². The number of hydrogen-bond donors (Lipinski definition) is 0. The van der Waals surface area contributed by atoms with E-state index in [-0.39, 0.29) is 5.91 Å². The van der Waals surface area contributed by atoms with Crippen molar-refractivity contribution in [1.82, 2.24) is 4.98 Å². The summed E-state index contributed by atoms with van der Waals surface area (Å²) in [7, 11) is 0. The molecule has 84 valence electrons. The lowest BCUT2D eigenvalue weighted by Gasteiger charge is -2.28. The summed E-state index contributed by atoms with van der Waals surface area (Å²) in [6.45, 7) is 0.724. The van der Waals surface area contributed by atoms with Gasteiger partial charge in [-0.1, -0.05) is 18.2 Å². The van der Waals surface area contributed by atoms with Gasteiger partial charge in [-0.2, -0.15) is 0 Å². The van der Waals surface area contributed by atoms with Gasteiger partial charge in [0.2, 0.25) is 0 Å². The first-order valence-electron chi connectivity index (χ1n) is 5.66. The summed E-state index contributed by atoms with van der Waals surface area (Å²) in [5.74, 6) is 0.0693. The Morgan fingerprint density at radius 2 is 1.94 bits per heavy atom. The van der Waals surface area contributed by atoms with Crippen molar-refractivity contribution in [3.63, 3.8) is 0 Å². The van der Waals surface area contributed by atoms with E-state index in [9.17, 15) is 4.79 Å². The highest BCUT2D eigenvalue weighted by atomic mass is 16.2. The number of anilines is 1. The third-order valence-electron chi connectivity index (χ3n) is 3.05. The molecular weight excluding hydrogens is 212 g/mol. The van der Waals surface area contributed by atoms with Gasteiger partial charge < -0.3 is 4.90 Å². The van der Waals surface area contributed by atoms with Crippen molar-refractivity contribution in [2.45, 2.75) is 6.42 Å². The van der Waals surface area contributed by atoms with Gasteiger partial charge in [0.25, 0.3) is 5.91 Å². The van der Waals surface area contributed by atoms with Gasteiger partial charge in [-0.25, -0.2) is 0 Å². The summed E-state index contributed by atoms with van der Waals surface area (Å²) < 4.78 is 0. The van der Waals surface area contributed by atoms with Gasteiger partial charge in [-0.15, -0.1) is 0 Å². The number of rotatable bonds is 1. The first-order valence-corrected chi connectivity index (χ1v) is 5.66. The Bertz CT molecular complexity index is 551. The summed E-state index contributed by atoms with van der Waals surface area (Å²) in [4.78, 5) is 18.2. The summed E-state index contributed by atoms with van der Waals surface area (Å²) >= 11 is 0. The molecule has 3 heteroatoms. The molecule has 1 aliphatic rings. The fourth-order valence-electron chi connectivity index (χ4n) is 2.17. The largest absolute Gasteiger partial charge is 0.308 e. The topological polar surface area (TPSA) is 33.2 Å². The average molecular weight is 224 g/mol. The van der Waals surface area contributed by atoms with E-state index in [1.54, 1.807) is 18.5 Å². The smallest absolute Gasteiger partial charge is 0.258 e. The molecule has 1 amide bonds. The van der Waals surface area contributed by atoms with Crippen LogP contribution in [-0.2, 0) is 6.42 Å². The van der Waals surface area contributed by atoms with E-state index in [4.69, 9.17) is 0 Å². The highest BCUT2D eigenvalue weighted by Gasteiger charge is 2.24. The van der Waals surface area contributed by atoms with Gasteiger partial charge in [-0.05, 0) is 30.2 Å². The Morgan fingerprint density at radius 1 is 1.12 bits per heavy atom. The molecule has 0 radical (unpaired) electrons. The van der Waals surface area contributed by atoms with Gasteiger partial charge in [-0.3, -0.25) is 9.78 Å². The highest BCUT2D eigenvalue weighted by Crippen LogP contribution is 2.23. The van der Waals surface area contributed by atoms with Crippen LogP contribution in [0.25, 0.3) is 0 Å². The molecule has 0 bridgehead atoms. The molecule has 1 aromatic heterocycles. The molecule has 0 spiro atoms. The fourth-order valence-corrected chi connectivity index (χ4v) is 2.17. The molecule has 0 fully saturated rings. The van der Waals surface area contributed by atoms with E-state index >= 15 is 0 Å². The number of nitrogens with zero attached hydrogens (tertiary/aromatic N) is 2. The Hall–Kier alpha value is -2.16. The minimum atomic E-state index is 0.0693. The normalized spacial score (nSPS) is 14.6. The Kier molecular flexibility index (Phi) is 2.37. The molecule has 0 aliphatic carbocycles. The second-order valence-corrected chi connectivity index (χ2v) is 4.08. The lowest BCUT2D eigenvalue weighted by Crippen LogP contribution is -2.37. The molecule has 0 atom stereocenters. The zero-order valence-electron chi connectivity index (χ0n) is 9.34. The summed E-state index contributed by atoms with van der Waals surface area (Å²) in [6.07, 6.45) is 4.32. The molecule has 2 aromatic rings.